The number of nitriles is 1. The number of aromatic nitrogens is 1. The second kappa shape index (κ2) is 12.8. The van der Waals surface area contributed by atoms with Crippen molar-refractivity contribution in [2.24, 2.45) is 17.3 Å². The van der Waals surface area contributed by atoms with E-state index in [2.05, 4.69) is 37.1 Å². The van der Waals surface area contributed by atoms with Gasteiger partial charge in [-0.2, -0.15) is 5.26 Å². The van der Waals surface area contributed by atoms with E-state index in [-0.39, 0.29) is 30.3 Å². The summed E-state index contributed by atoms with van der Waals surface area (Å²) >= 11 is 0. The number of hydrogen-bond acceptors (Lipinski definition) is 7. The van der Waals surface area contributed by atoms with Crippen LogP contribution in [0.5, 0.6) is 0 Å². The summed E-state index contributed by atoms with van der Waals surface area (Å²) in [7, 11) is -0.577. The van der Waals surface area contributed by atoms with Crippen LogP contribution in [0.4, 0.5) is 4.79 Å². The molecule has 2 aromatic carbocycles. The summed E-state index contributed by atoms with van der Waals surface area (Å²) < 4.78 is 18.9. The monoisotopic (exact) mass is 605 g/mol. The van der Waals surface area contributed by atoms with Gasteiger partial charge in [-0.05, 0) is 90.0 Å². The topological polar surface area (TPSA) is 114 Å². The van der Waals surface area contributed by atoms with Crippen molar-refractivity contribution in [2.75, 3.05) is 6.61 Å². The highest BCUT2D eigenvalue weighted by Gasteiger charge is 2.68. The SMILES string of the molecule is CC1(C)C2CC1[C@]1(C)OB([C@H](Cc3ccccc3)NC(=O)OCCc3cc(C=C(C#N)c4ccccn4)cc(CO)c3)O[C@@H]1C2. The molecule has 0 radical (unpaired) electrons. The fourth-order valence-corrected chi connectivity index (χ4v) is 7.57. The smallest absolute Gasteiger partial charge is 0.449 e. The van der Waals surface area contributed by atoms with Crippen molar-refractivity contribution < 1.29 is 23.9 Å². The zero-order chi connectivity index (χ0) is 31.6. The standard InChI is InChI=1S/C36H40BN3O5/c1-35(2)29-20-31(35)36(3)32(21-29)44-37(45-36)33(19-24-9-5-4-6-10-24)40-34(42)43-14-12-25-15-26(17-27(16-25)23-41)18-28(22-38)30-11-7-8-13-39-30/h4-11,13,15-18,29,31-33,41H,12,14,19-21,23H2,1-3H3,(H,40,42)/t29?,31?,32-,33+,36+/m1/s1. The fourth-order valence-electron chi connectivity index (χ4n) is 7.57. The number of alkyl carbamates (subject to hydrolysis) is 1. The predicted molar refractivity (Wildman–Crippen MR) is 172 cm³/mol. The van der Waals surface area contributed by atoms with E-state index in [1.54, 1.807) is 24.4 Å². The third kappa shape index (κ3) is 6.41. The summed E-state index contributed by atoms with van der Waals surface area (Å²) in [4.78, 5) is 17.4. The van der Waals surface area contributed by atoms with Gasteiger partial charge in [-0.1, -0.05) is 62.4 Å². The van der Waals surface area contributed by atoms with Crippen LogP contribution in [0, 0.1) is 28.6 Å². The Morgan fingerprint density at radius 3 is 2.62 bits per heavy atom. The normalized spacial score (nSPS) is 25.4. The number of nitrogens with one attached hydrogen (secondary N) is 1. The molecule has 2 N–H and O–H groups in total. The molecule has 9 heteroatoms. The highest BCUT2D eigenvalue weighted by Crippen LogP contribution is 2.65. The van der Waals surface area contributed by atoms with Crippen LogP contribution in [0.1, 0.15) is 61.6 Å². The van der Waals surface area contributed by atoms with E-state index in [0.717, 1.165) is 29.5 Å². The first-order valence-corrected chi connectivity index (χ1v) is 15.8. The van der Waals surface area contributed by atoms with Crippen LogP contribution in [-0.2, 0) is 33.5 Å². The molecule has 1 amide bonds. The van der Waals surface area contributed by atoms with Gasteiger partial charge in [0.05, 0.1) is 42.1 Å². The molecule has 1 aliphatic heterocycles. The van der Waals surface area contributed by atoms with Gasteiger partial charge in [0.25, 0.3) is 0 Å². The van der Waals surface area contributed by atoms with Gasteiger partial charge in [0.15, 0.2) is 0 Å². The fraction of sp³-hybridized carbons (Fsp3) is 0.417. The highest BCUT2D eigenvalue weighted by molar-refractivity contribution is 6.47. The number of allylic oxidation sites excluding steroid dienone is 1. The van der Waals surface area contributed by atoms with Gasteiger partial charge >= 0.3 is 13.2 Å². The van der Waals surface area contributed by atoms with E-state index in [9.17, 15) is 15.2 Å². The Balaban J connectivity index is 1.12. The second-order valence-corrected chi connectivity index (χ2v) is 13.3. The average Bonchev–Trinajstić information content (AvgIpc) is 3.41. The molecule has 232 valence electrons. The van der Waals surface area contributed by atoms with Gasteiger partial charge in [0, 0.05) is 12.6 Å². The van der Waals surface area contributed by atoms with Crippen LogP contribution in [0.2, 0.25) is 0 Å². The van der Waals surface area contributed by atoms with E-state index >= 15 is 0 Å². The van der Waals surface area contributed by atoms with Crippen molar-refractivity contribution in [1.29, 1.82) is 5.26 Å². The van der Waals surface area contributed by atoms with Gasteiger partial charge in [-0.25, -0.2) is 4.79 Å². The first-order chi connectivity index (χ1) is 21.7. The summed E-state index contributed by atoms with van der Waals surface area (Å²) in [6.45, 7) is 6.83. The van der Waals surface area contributed by atoms with E-state index in [1.807, 2.05) is 54.6 Å². The van der Waals surface area contributed by atoms with E-state index in [0.29, 0.717) is 41.5 Å². The molecule has 1 aromatic heterocycles. The number of benzene rings is 2. The molecule has 3 aromatic rings. The molecular weight excluding hydrogens is 565 g/mol. The number of nitrogens with zero attached hydrogens (tertiary/aromatic N) is 2. The number of carbonyl (C=O) groups is 1. The Hall–Kier alpha value is -3.97. The zero-order valence-electron chi connectivity index (χ0n) is 26.1. The van der Waals surface area contributed by atoms with E-state index in [1.165, 1.54) is 0 Å². The lowest BCUT2D eigenvalue weighted by atomic mass is 9.43. The Morgan fingerprint density at radius 1 is 1.13 bits per heavy atom. The third-order valence-corrected chi connectivity index (χ3v) is 10.2. The lowest BCUT2D eigenvalue weighted by Crippen LogP contribution is -2.65. The maximum Gasteiger partial charge on any atom is 0.482 e. The first kappa shape index (κ1) is 31.0. The molecule has 3 saturated carbocycles. The number of aliphatic hydroxyl groups is 1. The quantitative estimate of drug-likeness (QED) is 0.222. The Labute approximate surface area is 265 Å². The molecule has 5 atom stereocenters. The molecular formula is C36H40BN3O5. The van der Waals surface area contributed by atoms with Crippen LogP contribution < -0.4 is 5.32 Å². The van der Waals surface area contributed by atoms with Crippen LogP contribution in [0.3, 0.4) is 0 Å². The van der Waals surface area contributed by atoms with Crippen LogP contribution in [0.15, 0.2) is 72.9 Å². The average molecular weight is 606 g/mol. The van der Waals surface area contributed by atoms with Gasteiger partial charge in [0.1, 0.15) is 6.07 Å². The predicted octanol–water partition coefficient (Wildman–Crippen LogP) is 5.79. The number of rotatable bonds is 10. The molecule has 1 saturated heterocycles. The minimum Gasteiger partial charge on any atom is -0.449 e. The zero-order valence-corrected chi connectivity index (χ0v) is 26.1. The molecule has 0 spiro atoms. The molecule has 2 bridgehead atoms. The van der Waals surface area contributed by atoms with Crippen molar-refractivity contribution in [3.63, 3.8) is 0 Å². The maximum absolute atomic E-state index is 13.2. The van der Waals surface area contributed by atoms with Crippen LogP contribution >= 0.6 is 0 Å². The molecule has 4 fully saturated rings. The summed E-state index contributed by atoms with van der Waals surface area (Å²) in [6.07, 6.45) is 5.98. The molecule has 7 rings (SSSR count). The molecule has 4 aliphatic rings. The number of pyridine rings is 1. The number of hydrogen-bond donors (Lipinski definition) is 2. The second-order valence-electron chi connectivity index (χ2n) is 13.3. The van der Waals surface area contributed by atoms with E-state index < -0.39 is 19.2 Å². The van der Waals surface area contributed by atoms with Crippen LogP contribution in [0.25, 0.3) is 11.6 Å². The van der Waals surface area contributed by atoms with Gasteiger partial charge in [-0.15, -0.1) is 0 Å². The lowest BCUT2D eigenvalue weighted by Gasteiger charge is -2.64. The van der Waals surface area contributed by atoms with Crippen molar-refractivity contribution in [2.45, 2.75) is 70.7 Å². The Bertz CT molecular complexity index is 1590. The number of amides is 1. The summed E-state index contributed by atoms with van der Waals surface area (Å²) in [6, 6.07) is 23.3. The van der Waals surface area contributed by atoms with Crippen molar-refractivity contribution in [3.8, 4) is 6.07 Å². The number of carbonyl (C=O) groups excluding carboxylic acids is 1. The number of ether oxygens (including phenoxy) is 1. The van der Waals surface area contributed by atoms with Crippen molar-refractivity contribution >= 4 is 24.9 Å². The summed E-state index contributed by atoms with van der Waals surface area (Å²) in [5.41, 5.74) is 4.25. The molecule has 2 heterocycles. The van der Waals surface area contributed by atoms with Gasteiger partial charge in [0.2, 0.25) is 0 Å². The van der Waals surface area contributed by atoms with Crippen molar-refractivity contribution in [1.82, 2.24) is 10.3 Å². The molecule has 45 heavy (non-hydrogen) atoms. The minimum atomic E-state index is -0.577. The van der Waals surface area contributed by atoms with E-state index in [4.69, 9.17) is 14.0 Å². The summed E-state index contributed by atoms with van der Waals surface area (Å²) in [5.74, 6) is 0.633. The maximum atomic E-state index is 13.2. The highest BCUT2D eigenvalue weighted by atomic mass is 16.7. The largest absolute Gasteiger partial charge is 0.482 e. The minimum absolute atomic E-state index is 0.0108. The lowest BCUT2D eigenvalue weighted by molar-refractivity contribution is -0.199. The molecule has 2 unspecified atom stereocenters. The van der Waals surface area contributed by atoms with Crippen molar-refractivity contribution in [3.05, 3.63) is 101 Å². The molecule has 3 aliphatic carbocycles. The third-order valence-electron chi connectivity index (χ3n) is 10.2. The number of aliphatic hydroxyl groups excluding tert-OH is 1. The summed E-state index contributed by atoms with van der Waals surface area (Å²) in [5, 5.41) is 22.6. The Morgan fingerprint density at radius 2 is 1.91 bits per heavy atom. The Kier molecular flexibility index (Phi) is 8.83. The molecule has 8 nitrogen and oxygen atoms in total. The van der Waals surface area contributed by atoms with Crippen LogP contribution in [-0.4, -0.2) is 47.6 Å². The van der Waals surface area contributed by atoms with Gasteiger partial charge < -0.3 is 24.5 Å². The van der Waals surface area contributed by atoms with Gasteiger partial charge in [-0.3, -0.25) is 4.98 Å². The first-order valence-electron chi connectivity index (χ1n) is 15.8.